The quantitative estimate of drug-likeness (QED) is 0.739. The van der Waals surface area contributed by atoms with E-state index in [-0.39, 0.29) is 6.42 Å². The molecular weight excluding hydrogens is 289 g/mol. The molecule has 110 valence electrons. The summed E-state index contributed by atoms with van der Waals surface area (Å²) >= 11 is 0. The molecule has 0 fully saturated rings. The fourth-order valence-electron chi connectivity index (χ4n) is 1.92. The van der Waals surface area contributed by atoms with E-state index < -0.39 is 19.3 Å². The van der Waals surface area contributed by atoms with Crippen LogP contribution in [0.1, 0.15) is 15.9 Å². The minimum absolute atomic E-state index is 0.0731. The summed E-state index contributed by atoms with van der Waals surface area (Å²) in [5, 5.41) is 2.42. The molecule has 0 spiro atoms. The Morgan fingerprint density at radius 1 is 1.00 bits per heavy atom. The van der Waals surface area contributed by atoms with Crippen molar-refractivity contribution < 1.29 is 19.1 Å². The van der Waals surface area contributed by atoms with Crippen molar-refractivity contribution in [3.8, 4) is 0 Å². The lowest BCUT2D eigenvalue weighted by Gasteiger charge is -2.20. The Labute approximate surface area is 122 Å². The number of hydrogen-bond acceptors (Lipinski definition) is 2. The molecule has 0 heterocycles. The Bertz CT molecular complexity index is 639. The predicted molar refractivity (Wildman–Crippen MR) is 79.9 cm³/mol. The lowest BCUT2D eigenvalue weighted by molar-refractivity contribution is 0.0943. The fraction of sp³-hybridized carbons (Fsp3) is 0.133. The van der Waals surface area contributed by atoms with Crippen LogP contribution >= 0.6 is 7.60 Å². The maximum atomic E-state index is 12.0. The van der Waals surface area contributed by atoms with Gasteiger partial charge in [-0.2, -0.15) is 0 Å². The van der Waals surface area contributed by atoms with Gasteiger partial charge < -0.3 is 15.1 Å². The number of amides is 1. The van der Waals surface area contributed by atoms with E-state index in [9.17, 15) is 19.1 Å². The van der Waals surface area contributed by atoms with E-state index >= 15 is 0 Å². The highest BCUT2D eigenvalue weighted by Crippen LogP contribution is 2.41. The van der Waals surface area contributed by atoms with E-state index in [1.165, 1.54) is 0 Å². The van der Waals surface area contributed by atoms with E-state index in [0.717, 1.165) is 5.56 Å². The van der Waals surface area contributed by atoms with Crippen molar-refractivity contribution >= 4 is 13.5 Å². The van der Waals surface area contributed by atoms with Gasteiger partial charge in [-0.15, -0.1) is 0 Å². The fourth-order valence-corrected chi connectivity index (χ4v) is 2.65. The second-order valence-corrected chi connectivity index (χ2v) is 6.44. The van der Waals surface area contributed by atoms with Gasteiger partial charge in [0.25, 0.3) is 5.91 Å². The van der Waals surface area contributed by atoms with Gasteiger partial charge in [-0.05, 0) is 17.7 Å². The minimum Gasteiger partial charge on any atom is -0.338 e. The average Bonchev–Trinajstić information content (AvgIpc) is 2.47. The van der Waals surface area contributed by atoms with Gasteiger partial charge in [0.05, 0.1) is 0 Å². The Hall–Kier alpha value is -1.94. The molecule has 0 saturated heterocycles. The summed E-state index contributed by atoms with van der Waals surface area (Å²) in [6.45, 7) is 0. The Balaban J connectivity index is 2.14. The second kappa shape index (κ2) is 6.68. The molecule has 6 heteroatoms. The third kappa shape index (κ3) is 4.53. The smallest absolute Gasteiger partial charge is 0.338 e. The summed E-state index contributed by atoms with van der Waals surface area (Å²) in [7, 11) is -4.45. The second-order valence-electron chi connectivity index (χ2n) is 4.63. The van der Waals surface area contributed by atoms with E-state index in [1.54, 1.807) is 54.6 Å². The molecule has 0 aliphatic carbocycles. The maximum Gasteiger partial charge on any atom is 0.347 e. The monoisotopic (exact) mass is 305 g/mol. The van der Waals surface area contributed by atoms with Crippen molar-refractivity contribution in [2.45, 2.75) is 12.2 Å². The Morgan fingerprint density at radius 2 is 1.52 bits per heavy atom. The molecule has 1 atom stereocenters. The summed E-state index contributed by atoms with van der Waals surface area (Å²) < 4.78 is 11.6. The molecule has 0 radical (unpaired) electrons. The highest BCUT2D eigenvalue weighted by Gasteiger charge is 2.30. The van der Waals surface area contributed by atoms with E-state index in [4.69, 9.17) is 0 Å². The summed E-state index contributed by atoms with van der Waals surface area (Å²) in [6.07, 6.45) is 0.0731. The van der Waals surface area contributed by atoms with Crippen molar-refractivity contribution in [3.63, 3.8) is 0 Å². The third-order valence-corrected chi connectivity index (χ3v) is 4.14. The summed E-state index contributed by atoms with van der Waals surface area (Å²) in [4.78, 5) is 30.9. The Morgan fingerprint density at radius 3 is 2.05 bits per heavy atom. The van der Waals surface area contributed by atoms with Crippen LogP contribution in [-0.4, -0.2) is 21.5 Å². The highest BCUT2D eigenvalue weighted by atomic mass is 31.2. The molecule has 21 heavy (non-hydrogen) atoms. The van der Waals surface area contributed by atoms with Gasteiger partial charge in [-0.1, -0.05) is 48.5 Å². The lowest BCUT2D eigenvalue weighted by atomic mass is 10.1. The van der Waals surface area contributed by atoms with Crippen LogP contribution in [0.5, 0.6) is 0 Å². The van der Waals surface area contributed by atoms with Crippen LogP contribution < -0.4 is 5.32 Å². The van der Waals surface area contributed by atoms with Gasteiger partial charge in [0.2, 0.25) is 0 Å². The molecule has 1 unspecified atom stereocenters. The first kappa shape index (κ1) is 15.4. The first-order valence-electron chi connectivity index (χ1n) is 6.42. The molecule has 0 aliphatic heterocycles. The molecule has 2 aromatic rings. The topological polar surface area (TPSA) is 86.6 Å². The van der Waals surface area contributed by atoms with E-state index in [2.05, 4.69) is 5.32 Å². The molecule has 0 aromatic heterocycles. The molecule has 5 nitrogen and oxygen atoms in total. The molecule has 3 N–H and O–H groups in total. The molecule has 0 aliphatic rings. The van der Waals surface area contributed by atoms with Crippen molar-refractivity contribution in [2.24, 2.45) is 0 Å². The first-order valence-corrected chi connectivity index (χ1v) is 8.10. The molecule has 0 saturated carbocycles. The zero-order chi connectivity index (χ0) is 15.3. The molecule has 2 rings (SSSR count). The molecule has 1 amide bonds. The van der Waals surface area contributed by atoms with Crippen LogP contribution in [-0.2, 0) is 11.0 Å². The first-order chi connectivity index (χ1) is 9.97. The zero-order valence-corrected chi connectivity index (χ0v) is 12.1. The van der Waals surface area contributed by atoms with Crippen LogP contribution in [0.15, 0.2) is 60.7 Å². The van der Waals surface area contributed by atoms with Crippen LogP contribution in [0, 0.1) is 0 Å². The van der Waals surface area contributed by atoms with Gasteiger partial charge in [0, 0.05) is 12.0 Å². The van der Waals surface area contributed by atoms with Gasteiger partial charge in [-0.25, -0.2) is 0 Å². The van der Waals surface area contributed by atoms with Gasteiger partial charge >= 0.3 is 7.60 Å². The third-order valence-electron chi connectivity index (χ3n) is 3.01. The van der Waals surface area contributed by atoms with Crippen molar-refractivity contribution in [1.29, 1.82) is 0 Å². The van der Waals surface area contributed by atoms with Crippen molar-refractivity contribution in [3.05, 3.63) is 71.8 Å². The van der Waals surface area contributed by atoms with E-state index in [0.29, 0.717) is 5.56 Å². The summed E-state index contributed by atoms with van der Waals surface area (Å²) in [5.74, 6) is -1.74. The zero-order valence-electron chi connectivity index (χ0n) is 11.2. The average molecular weight is 305 g/mol. The molecule has 0 bridgehead atoms. The van der Waals surface area contributed by atoms with Crippen LogP contribution in [0.25, 0.3) is 0 Å². The molecular formula is C15H16NO4P. The minimum atomic E-state index is -4.45. The molecule has 2 aromatic carbocycles. The van der Waals surface area contributed by atoms with Gasteiger partial charge in [0.1, 0.15) is 5.78 Å². The summed E-state index contributed by atoms with van der Waals surface area (Å²) in [5.41, 5.74) is 1.11. The number of carbonyl (C=O) groups excluding carboxylic acids is 1. The number of rotatable bonds is 5. The number of carbonyl (C=O) groups is 1. The summed E-state index contributed by atoms with van der Waals surface area (Å²) in [6, 6.07) is 17.2. The Kier molecular flexibility index (Phi) is 4.91. The predicted octanol–water partition coefficient (Wildman–Crippen LogP) is 2.16. The SMILES string of the molecule is O=C(NC(Cc1ccccc1)P(=O)(O)O)c1ccccc1. The highest BCUT2D eigenvalue weighted by molar-refractivity contribution is 7.52. The van der Waals surface area contributed by atoms with Crippen LogP contribution in [0.4, 0.5) is 0 Å². The number of nitrogens with one attached hydrogen (secondary N) is 1. The standard InChI is InChI=1S/C15H16NO4P/c17-15(13-9-5-2-6-10-13)16-14(21(18,19)20)11-12-7-3-1-4-8-12/h1-10,14H,11H2,(H,16,17)(H2,18,19,20). The number of hydrogen-bond donors (Lipinski definition) is 3. The normalized spacial score (nSPS) is 12.7. The van der Waals surface area contributed by atoms with E-state index in [1.807, 2.05) is 6.07 Å². The largest absolute Gasteiger partial charge is 0.347 e. The lowest BCUT2D eigenvalue weighted by Crippen LogP contribution is -2.36. The maximum absolute atomic E-state index is 12.0. The van der Waals surface area contributed by atoms with Crippen LogP contribution in [0.3, 0.4) is 0 Å². The van der Waals surface area contributed by atoms with Crippen LogP contribution in [0.2, 0.25) is 0 Å². The van der Waals surface area contributed by atoms with Crippen molar-refractivity contribution in [1.82, 2.24) is 5.32 Å². The number of benzene rings is 2. The van der Waals surface area contributed by atoms with Crippen molar-refractivity contribution in [2.75, 3.05) is 0 Å². The van der Waals surface area contributed by atoms with Gasteiger partial charge in [0.15, 0.2) is 0 Å². The van der Waals surface area contributed by atoms with Gasteiger partial charge in [-0.3, -0.25) is 9.36 Å².